The average molecular weight is 271 g/mol. The SMILES string of the molecule is O=C(O)[C@H](NCOCc1ccccc1)c1ccccc1. The lowest BCUT2D eigenvalue weighted by molar-refractivity contribution is -0.140. The van der Waals surface area contributed by atoms with Gasteiger partial charge in [-0.15, -0.1) is 0 Å². The fraction of sp³-hybridized carbons (Fsp3) is 0.188. The smallest absolute Gasteiger partial charge is 0.325 e. The number of rotatable bonds is 7. The van der Waals surface area contributed by atoms with Gasteiger partial charge in [0, 0.05) is 0 Å². The maximum Gasteiger partial charge on any atom is 0.325 e. The molecule has 20 heavy (non-hydrogen) atoms. The van der Waals surface area contributed by atoms with E-state index in [-0.39, 0.29) is 6.73 Å². The fourth-order valence-electron chi connectivity index (χ4n) is 1.88. The van der Waals surface area contributed by atoms with Crippen molar-refractivity contribution in [3.8, 4) is 0 Å². The number of hydrogen-bond donors (Lipinski definition) is 2. The predicted octanol–water partition coefficient (Wildman–Crippen LogP) is 2.58. The summed E-state index contributed by atoms with van der Waals surface area (Å²) in [5, 5.41) is 12.1. The van der Waals surface area contributed by atoms with Crippen LogP contribution in [0.5, 0.6) is 0 Å². The first-order valence-electron chi connectivity index (χ1n) is 6.40. The minimum Gasteiger partial charge on any atom is -0.480 e. The molecular weight excluding hydrogens is 254 g/mol. The van der Waals surface area contributed by atoms with Gasteiger partial charge in [0.1, 0.15) is 6.04 Å². The van der Waals surface area contributed by atoms with Crippen LogP contribution in [0.15, 0.2) is 60.7 Å². The Morgan fingerprint density at radius 3 is 2.25 bits per heavy atom. The van der Waals surface area contributed by atoms with Crippen LogP contribution in [-0.4, -0.2) is 17.8 Å². The van der Waals surface area contributed by atoms with Gasteiger partial charge in [-0.25, -0.2) is 0 Å². The number of hydrogen-bond acceptors (Lipinski definition) is 3. The third-order valence-corrected chi connectivity index (χ3v) is 2.88. The van der Waals surface area contributed by atoms with Crippen LogP contribution in [0.1, 0.15) is 17.2 Å². The van der Waals surface area contributed by atoms with E-state index in [1.807, 2.05) is 48.5 Å². The average Bonchev–Trinajstić information content (AvgIpc) is 2.49. The summed E-state index contributed by atoms with van der Waals surface area (Å²) in [5.74, 6) is -0.917. The van der Waals surface area contributed by atoms with Crippen LogP contribution in [0, 0.1) is 0 Å². The Labute approximate surface area is 118 Å². The molecule has 0 aromatic heterocycles. The second kappa shape index (κ2) is 7.43. The third-order valence-electron chi connectivity index (χ3n) is 2.88. The summed E-state index contributed by atoms with van der Waals surface area (Å²) in [4.78, 5) is 11.2. The molecule has 0 saturated carbocycles. The molecule has 0 fully saturated rings. The Bertz CT molecular complexity index is 528. The molecule has 2 aromatic rings. The van der Waals surface area contributed by atoms with Gasteiger partial charge >= 0.3 is 5.97 Å². The summed E-state index contributed by atoms with van der Waals surface area (Å²) in [6.07, 6.45) is 0. The van der Waals surface area contributed by atoms with Crippen LogP contribution in [-0.2, 0) is 16.1 Å². The Balaban J connectivity index is 1.83. The molecule has 2 rings (SSSR count). The number of benzene rings is 2. The molecule has 4 nitrogen and oxygen atoms in total. The fourth-order valence-corrected chi connectivity index (χ4v) is 1.88. The Kier molecular flexibility index (Phi) is 5.29. The molecule has 1 atom stereocenters. The molecule has 0 aliphatic rings. The Morgan fingerprint density at radius 1 is 1.05 bits per heavy atom. The predicted molar refractivity (Wildman–Crippen MR) is 76.1 cm³/mol. The second-order valence-electron chi connectivity index (χ2n) is 4.36. The Morgan fingerprint density at radius 2 is 1.65 bits per heavy atom. The van der Waals surface area contributed by atoms with Crippen LogP contribution in [0.25, 0.3) is 0 Å². The molecule has 0 aliphatic carbocycles. The zero-order chi connectivity index (χ0) is 14.2. The molecule has 0 spiro atoms. The first kappa shape index (κ1) is 14.2. The van der Waals surface area contributed by atoms with Gasteiger partial charge in [0.15, 0.2) is 0 Å². The lowest BCUT2D eigenvalue weighted by atomic mass is 10.1. The first-order valence-corrected chi connectivity index (χ1v) is 6.40. The van der Waals surface area contributed by atoms with Crippen LogP contribution in [0.3, 0.4) is 0 Å². The van der Waals surface area contributed by atoms with Gasteiger partial charge < -0.3 is 9.84 Å². The van der Waals surface area contributed by atoms with E-state index in [1.165, 1.54) is 0 Å². The molecule has 0 saturated heterocycles. The van der Waals surface area contributed by atoms with Crippen LogP contribution in [0.2, 0.25) is 0 Å². The van der Waals surface area contributed by atoms with E-state index in [2.05, 4.69) is 5.32 Å². The highest BCUT2D eigenvalue weighted by atomic mass is 16.5. The lowest BCUT2D eigenvalue weighted by Crippen LogP contribution is -2.30. The summed E-state index contributed by atoms with van der Waals surface area (Å²) in [7, 11) is 0. The first-order chi connectivity index (χ1) is 9.77. The summed E-state index contributed by atoms with van der Waals surface area (Å²) in [5.41, 5.74) is 1.77. The number of aliphatic carboxylic acids is 1. The number of carbonyl (C=O) groups is 1. The van der Waals surface area contributed by atoms with Gasteiger partial charge in [0.25, 0.3) is 0 Å². The molecule has 0 unspecified atom stereocenters. The summed E-state index contributed by atoms with van der Waals surface area (Å²) in [6, 6.07) is 18.0. The van der Waals surface area contributed by atoms with Crippen molar-refractivity contribution < 1.29 is 14.6 Å². The van der Waals surface area contributed by atoms with E-state index in [4.69, 9.17) is 4.74 Å². The van der Waals surface area contributed by atoms with Crippen molar-refractivity contribution in [1.82, 2.24) is 5.32 Å². The van der Waals surface area contributed by atoms with E-state index in [0.717, 1.165) is 5.56 Å². The molecule has 0 bridgehead atoms. The summed E-state index contributed by atoms with van der Waals surface area (Å²) >= 11 is 0. The molecule has 0 heterocycles. The van der Waals surface area contributed by atoms with Crippen LogP contribution < -0.4 is 5.32 Å². The minimum atomic E-state index is -0.917. The standard InChI is InChI=1S/C16H17NO3/c18-16(19)15(14-9-5-2-6-10-14)17-12-20-11-13-7-3-1-4-8-13/h1-10,15,17H,11-12H2,(H,18,19)/t15-/m1/s1. The van der Waals surface area contributed by atoms with Crippen molar-refractivity contribution in [2.45, 2.75) is 12.6 Å². The quantitative estimate of drug-likeness (QED) is 0.600. The number of ether oxygens (including phenoxy) is 1. The summed E-state index contributed by atoms with van der Waals surface area (Å²) in [6.45, 7) is 0.635. The van der Waals surface area contributed by atoms with Crippen LogP contribution >= 0.6 is 0 Å². The van der Waals surface area contributed by atoms with Crippen molar-refractivity contribution in [2.75, 3.05) is 6.73 Å². The normalized spacial score (nSPS) is 12.0. The molecule has 0 aliphatic heterocycles. The Hall–Kier alpha value is -2.17. The van der Waals surface area contributed by atoms with Gasteiger partial charge in [0.2, 0.25) is 0 Å². The lowest BCUT2D eigenvalue weighted by Gasteiger charge is -2.15. The van der Waals surface area contributed by atoms with Gasteiger partial charge in [0.05, 0.1) is 13.3 Å². The van der Waals surface area contributed by atoms with Crippen molar-refractivity contribution in [2.24, 2.45) is 0 Å². The molecule has 0 amide bonds. The van der Waals surface area contributed by atoms with Crippen molar-refractivity contribution in [3.63, 3.8) is 0 Å². The third kappa shape index (κ3) is 4.19. The van der Waals surface area contributed by atoms with E-state index in [1.54, 1.807) is 12.1 Å². The van der Waals surface area contributed by atoms with Crippen molar-refractivity contribution in [3.05, 3.63) is 71.8 Å². The van der Waals surface area contributed by atoms with E-state index < -0.39 is 12.0 Å². The highest BCUT2D eigenvalue weighted by molar-refractivity contribution is 5.75. The van der Waals surface area contributed by atoms with Gasteiger partial charge in [-0.2, -0.15) is 0 Å². The van der Waals surface area contributed by atoms with E-state index in [9.17, 15) is 9.90 Å². The maximum absolute atomic E-state index is 11.2. The topological polar surface area (TPSA) is 58.6 Å². The minimum absolute atomic E-state index is 0.181. The molecule has 104 valence electrons. The highest BCUT2D eigenvalue weighted by Crippen LogP contribution is 2.12. The van der Waals surface area contributed by atoms with E-state index >= 15 is 0 Å². The number of carboxylic acids is 1. The molecule has 2 aromatic carbocycles. The van der Waals surface area contributed by atoms with Crippen LogP contribution in [0.4, 0.5) is 0 Å². The van der Waals surface area contributed by atoms with Gasteiger partial charge in [-0.1, -0.05) is 60.7 Å². The molecule has 4 heteroatoms. The second-order valence-corrected chi connectivity index (χ2v) is 4.36. The van der Waals surface area contributed by atoms with E-state index in [0.29, 0.717) is 12.2 Å². The van der Waals surface area contributed by atoms with Gasteiger partial charge in [-0.3, -0.25) is 10.1 Å². The van der Waals surface area contributed by atoms with Crippen molar-refractivity contribution in [1.29, 1.82) is 0 Å². The molecule has 2 N–H and O–H groups in total. The summed E-state index contributed by atoms with van der Waals surface area (Å²) < 4.78 is 5.45. The highest BCUT2D eigenvalue weighted by Gasteiger charge is 2.18. The van der Waals surface area contributed by atoms with Crippen molar-refractivity contribution >= 4 is 5.97 Å². The maximum atomic E-state index is 11.2. The molecular formula is C16H17NO3. The number of nitrogens with one attached hydrogen (secondary N) is 1. The van der Waals surface area contributed by atoms with Gasteiger partial charge in [-0.05, 0) is 11.1 Å². The zero-order valence-electron chi connectivity index (χ0n) is 11.0. The largest absolute Gasteiger partial charge is 0.480 e. The molecule has 0 radical (unpaired) electrons. The zero-order valence-corrected chi connectivity index (χ0v) is 11.0. The number of carboxylic acid groups (broad SMARTS) is 1. The monoisotopic (exact) mass is 271 g/mol.